The van der Waals surface area contributed by atoms with Crippen molar-refractivity contribution in [2.45, 2.75) is 13.0 Å². The van der Waals surface area contributed by atoms with Gasteiger partial charge >= 0.3 is 0 Å². The van der Waals surface area contributed by atoms with Gasteiger partial charge in [-0.3, -0.25) is 4.84 Å². The van der Waals surface area contributed by atoms with E-state index < -0.39 is 0 Å². The normalized spacial score (nSPS) is 13.5. The van der Waals surface area contributed by atoms with Crippen LogP contribution in [-0.4, -0.2) is 0 Å². The Hall–Kier alpha value is -0.0900. The molecule has 0 saturated heterocycles. The summed E-state index contributed by atoms with van der Waals surface area (Å²) >= 11 is 7.22. The van der Waals surface area contributed by atoms with Crippen LogP contribution in [0.3, 0.4) is 0 Å². The summed E-state index contributed by atoms with van der Waals surface area (Å²) in [6.07, 6.45) is -0.0579. The summed E-state index contributed by atoms with van der Waals surface area (Å²) in [4.78, 5) is 5.65. The van der Waals surface area contributed by atoms with Crippen LogP contribution in [0, 0.1) is 0 Å². The highest BCUT2D eigenvalue weighted by molar-refractivity contribution is 7.10. The van der Waals surface area contributed by atoms with Gasteiger partial charge in [0.1, 0.15) is 6.10 Å². The second kappa shape index (κ2) is 3.34. The molecule has 0 aliphatic heterocycles. The summed E-state index contributed by atoms with van der Waals surface area (Å²) in [5, 5.41) is 2.59. The summed E-state index contributed by atoms with van der Waals surface area (Å²) < 4.78 is 0. The van der Waals surface area contributed by atoms with Crippen molar-refractivity contribution in [3.05, 3.63) is 21.3 Å². The molecule has 0 aliphatic rings. The van der Waals surface area contributed by atoms with Crippen LogP contribution < -0.4 is 5.90 Å². The maximum atomic E-state index is 5.68. The fraction of sp³-hybridized carbons (Fsp3) is 0.333. The van der Waals surface area contributed by atoms with Gasteiger partial charge in [-0.2, -0.15) is 0 Å². The van der Waals surface area contributed by atoms with Crippen LogP contribution >= 0.6 is 22.9 Å². The number of halogens is 1. The van der Waals surface area contributed by atoms with E-state index in [4.69, 9.17) is 17.5 Å². The molecule has 1 heterocycles. The average molecular weight is 178 g/mol. The lowest BCUT2D eigenvalue weighted by Gasteiger charge is -2.03. The molecule has 1 aromatic rings. The Labute approximate surface area is 68.5 Å². The second-order valence-electron chi connectivity index (χ2n) is 1.95. The average Bonchev–Trinajstić information content (AvgIpc) is 2.34. The van der Waals surface area contributed by atoms with Gasteiger partial charge in [-0.25, -0.2) is 5.90 Å². The molecule has 0 spiro atoms. The minimum atomic E-state index is -0.0579. The van der Waals surface area contributed by atoms with Gasteiger partial charge in [0.05, 0.1) is 5.02 Å². The molecule has 10 heavy (non-hydrogen) atoms. The highest BCUT2D eigenvalue weighted by Gasteiger charge is 2.05. The Bertz CT molecular complexity index is 213. The fourth-order valence-corrected chi connectivity index (χ4v) is 1.68. The molecule has 0 saturated carbocycles. The van der Waals surface area contributed by atoms with E-state index in [1.165, 1.54) is 0 Å². The zero-order valence-corrected chi connectivity index (χ0v) is 7.08. The van der Waals surface area contributed by atoms with Gasteiger partial charge in [-0.05, 0) is 13.0 Å². The molecule has 1 atom stereocenters. The van der Waals surface area contributed by atoms with Crippen molar-refractivity contribution in [3.63, 3.8) is 0 Å². The van der Waals surface area contributed by atoms with Crippen LogP contribution in [-0.2, 0) is 4.84 Å². The summed E-state index contributed by atoms with van der Waals surface area (Å²) in [5.41, 5.74) is 0. The van der Waals surface area contributed by atoms with E-state index in [0.29, 0.717) is 0 Å². The maximum absolute atomic E-state index is 5.68. The molecule has 0 fully saturated rings. The summed E-state index contributed by atoms with van der Waals surface area (Å²) in [7, 11) is 0. The van der Waals surface area contributed by atoms with Crippen LogP contribution in [0.5, 0.6) is 0 Å². The quantitative estimate of drug-likeness (QED) is 0.704. The van der Waals surface area contributed by atoms with E-state index in [0.717, 1.165) is 9.90 Å². The van der Waals surface area contributed by atoms with Crippen LogP contribution in [0.4, 0.5) is 0 Å². The molecule has 0 aliphatic carbocycles. The van der Waals surface area contributed by atoms with Crippen LogP contribution in [0.2, 0.25) is 5.02 Å². The molecule has 0 radical (unpaired) electrons. The van der Waals surface area contributed by atoms with E-state index in [1.807, 2.05) is 18.4 Å². The third-order valence-electron chi connectivity index (χ3n) is 1.19. The van der Waals surface area contributed by atoms with Crippen molar-refractivity contribution in [1.82, 2.24) is 0 Å². The van der Waals surface area contributed by atoms with E-state index in [2.05, 4.69) is 4.84 Å². The standard InChI is InChI=1S/C6H8ClNOS/c1-4(9-8)6-2-5(7)3-10-6/h2-4H,8H2,1H3. The SMILES string of the molecule is CC(ON)c1cc(Cl)cs1. The highest BCUT2D eigenvalue weighted by Crippen LogP contribution is 2.25. The van der Waals surface area contributed by atoms with Crippen molar-refractivity contribution >= 4 is 22.9 Å². The Morgan fingerprint density at radius 3 is 2.90 bits per heavy atom. The number of thiophene rings is 1. The molecule has 2 nitrogen and oxygen atoms in total. The molecule has 0 amide bonds. The second-order valence-corrected chi connectivity index (χ2v) is 3.32. The smallest absolute Gasteiger partial charge is 0.110 e. The third-order valence-corrected chi connectivity index (χ3v) is 2.63. The predicted molar refractivity (Wildman–Crippen MR) is 43.0 cm³/mol. The van der Waals surface area contributed by atoms with Gasteiger partial charge in [0.2, 0.25) is 0 Å². The van der Waals surface area contributed by atoms with Crippen molar-refractivity contribution in [3.8, 4) is 0 Å². The van der Waals surface area contributed by atoms with E-state index in [-0.39, 0.29) is 6.10 Å². The van der Waals surface area contributed by atoms with Crippen LogP contribution in [0.15, 0.2) is 11.4 Å². The molecule has 0 bridgehead atoms. The Morgan fingerprint density at radius 2 is 2.50 bits per heavy atom. The van der Waals surface area contributed by atoms with Gasteiger partial charge in [-0.15, -0.1) is 11.3 Å². The first-order valence-electron chi connectivity index (χ1n) is 2.83. The third kappa shape index (κ3) is 1.70. The topological polar surface area (TPSA) is 35.2 Å². The minimum Gasteiger partial charge on any atom is -0.296 e. The number of hydrogen-bond acceptors (Lipinski definition) is 3. The fourth-order valence-electron chi connectivity index (χ4n) is 0.609. The lowest BCUT2D eigenvalue weighted by molar-refractivity contribution is 0.0689. The van der Waals surface area contributed by atoms with Crippen molar-refractivity contribution in [2.75, 3.05) is 0 Å². The lowest BCUT2D eigenvalue weighted by Crippen LogP contribution is -2.03. The number of hydrogen-bond donors (Lipinski definition) is 1. The molecule has 1 rings (SSSR count). The monoisotopic (exact) mass is 177 g/mol. The molecule has 1 aromatic heterocycles. The van der Waals surface area contributed by atoms with Crippen LogP contribution in [0.1, 0.15) is 17.9 Å². The molecule has 4 heteroatoms. The van der Waals surface area contributed by atoms with E-state index in [1.54, 1.807) is 11.3 Å². The highest BCUT2D eigenvalue weighted by atomic mass is 35.5. The summed E-state index contributed by atoms with van der Waals surface area (Å²) in [6.45, 7) is 1.88. The van der Waals surface area contributed by atoms with Crippen LogP contribution in [0.25, 0.3) is 0 Å². The first-order valence-corrected chi connectivity index (χ1v) is 4.09. The largest absolute Gasteiger partial charge is 0.296 e. The van der Waals surface area contributed by atoms with Gasteiger partial charge < -0.3 is 0 Å². The Balaban J connectivity index is 2.74. The number of rotatable bonds is 2. The van der Waals surface area contributed by atoms with Gasteiger partial charge in [0.25, 0.3) is 0 Å². The van der Waals surface area contributed by atoms with Crippen molar-refractivity contribution in [2.24, 2.45) is 5.90 Å². The molecule has 0 aromatic carbocycles. The van der Waals surface area contributed by atoms with Crippen molar-refractivity contribution < 1.29 is 4.84 Å². The molecule has 2 N–H and O–H groups in total. The van der Waals surface area contributed by atoms with Crippen molar-refractivity contribution in [1.29, 1.82) is 0 Å². The molecular formula is C6H8ClNOS. The molecular weight excluding hydrogens is 170 g/mol. The molecule has 56 valence electrons. The predicted octanol–water partition coefficient (Wildman–Crippen LogP) is 2.35. The zero-order valence-electron chi connectivity index (χ0n) is 5.50. The zero-order chi connectivity index (χ0) is 7.56. The number of nitrogens with two attached hydrogens (primary N) is 1. The molecule has 1 unspecified atom stereocenters. The van der Waals surface area contributed by atoms with E-state index in [9.17, 15) is 0 Å². The lowest BCUT2D eigenvalue weighted by atomic mass is 10.3. The minimum absolute atomic E-state index is 0.0579. The first-order chi connectivity index (χ1) is 4.74. The first kappa shape index (κ1) is 8.01. The Morgan fingerprint density at radius 1 is 1.80 bits per heavy atom. The maximum Gasteiger partial charge on any atom is 0.110 e. The van der Waals surface area contributed by atoms with Gasteiger partial charge in [-0.1, -0.05) is 11.6 Å². The van der Waals surface area contributed by atoms with Gasteiger partial charge in [0.15, 0.2) is 0 Å². The van der Waals surface area contributed by atoms with Gasteiger partial charge in [0, 0.05) is 10.3 Å². The Kier molecular flexibility index (Phi) is 2.68. The van der Waals surface area contributed by atoms with E-state index >= 15 is 0 Å². The summed E-state index contributed by atoms with van der Waals surface area (Å²) in [5.74, 6) is 4.98. The summed E-state index contributed by atoms with van der Waals surface area (Å²) in [6, 6.07) is 1.85.